The van der Waals surface area contributed by atoms with E-state index in [9.17, 15) is 9.90 Å². The van der Waals surface area contributed by atoms with E-state index in [0.717, 1.165) is 16.9 Å². The Morgan fingerprint density at radius 2 is 1.90 bits per heavy atom. The first-order valence-electron chi connectivity index (χ1n) is 6.43. The molecule has 0 fully saturated rings. The highest BCUT2D eigenvalue weighted by molar-refractivity contribution is 7.09. The van der Waals surface area contributed by atoms with E-state index in [4.69, 9.17) is 9.47 Å². The van der Waals surface area contributed by atoms with Crippen LogP contribution < -0.4 is 14.3 Å². The van der Waals surface area contributed by atoms with Crippen LogP contribution in [0.5, 0.6) is 17.4 Å². The maximum atomic E-state index is 11.2. The summed E-state index contributed by atoms with van der Waals surface area (Å²) in [5.41, 5.74) is 0.947. The van der Waals surface area contributed by atoms with Crippen LogP contribution in [0.3, 0.4) is 0 Å². The zero-order chi connectivity index (χ0) is 14.5. The van der Waals surface area contributed by atoms with Crippen LogP contribution in [0.2, 0.25) is 0 Å². The number of hydrogen-bond acceptors (Lipinski definition) is 5. The fourth-order valence-corrected chi connectivity index (χ4v) is 2.62. The fourth-order valence-electron chi connectivity index (χ4n) is 1.86. The minimum absolute atomic E-state index is 0.0631. The number of aromatic amines is 1. The van der Waals surface area contributed by atoms with Crippen LogP contribution in [0.1, 0.15) is 24.3 Å². The number of hydrogen-bond donors (Lipinski definition) is 2. The number of thiazole rings is 1. The van der Waals surface area contributed by atoms with Gasteiger partial charge in [-0.1, -0.05) is 17.4 Å². The summed E-state index contributed by atoms with van der Waals surface area (Å²) in [5.74, 6) is 1.31. The normalized spacial score (nSPS) is 10.5. The van der Waals surface area contributed by atoms with Crippen LogP contribution in [0, 0.1) is 0 Å². The molecule has 0 spiro atoms. The van der Waals surface area contributed by atoms with Crippen molar-refractivity contribution in [1.82, 2.24) is 4.98 Å². The van der Waals surface area contributed by atoms with Gasteiger partial charge in [-0.05, 0) is 31.5 Å². The lowest BCUT2D eigenvalue weighted by Crippen LogP contribution is -1.99. The molecule has 5 nitrogen and oxygen atoms in total. The van der Waals surface area contributed by atoms with Gasteiger partial charge in [-0.3, -0.25) is 9.78 Å². The van der Waals surface area contributed by atoms with E-state index < -0.39 is 0 Å². The Labute approximate surface area is 120 Å². The summed E-state index contributed by atoms with van der Waals surface area (Å²) in [6.45, 7) is 4.94. The summed E-state index contributed by atoms with van der Waals surface area (Å²) < 4.78 is 11.0. The minimum Gasteiger partial charge on any atom is -0.494 e. The SMILES string of the molecule is CCOc1ccc(Cc2sc(=O)[nH]c2O)cc1OCC. The second-order valence-corrected chi connectivity index (χ2v) is 5.18. The number of ether oxygens (including phenoxy) is 2. The molecule has 0 unspecified atom stereocenters. The molecule has 0 radical (unpaired) electrons. The molecule has 0 aliphatic rings. The molecule has 0 amide bonds. The molecule has 1 aromatic carbocycles. The lowest BCUT2D eigenvalue weighted by molar-refractivity contribution is 0.287. The first kappa shape index (κ1) is 14.5. The van der Waals surface area contributed by atoms with Crippen molar-refractivity contribution in [2.75, 3.05) is 13.2 Å². The van der Waals surface area contributed by atoms with E-state index >= 15 is 0 Å². The van der Waals surface area contributed by atoms with Crippen molar-refractivity contribution >= 4 is 11.3 Å². The van der Waals surface area contributed by atoms with Gasteiger partial charge in [0.1, 0.15) is 0 Å². The summed E-state index contributed by atoms with van der Waals surface area (Å²) in [4.78, 5) is 13.9. The second kappa shape index (κ2) is 6.47. The van der Waals surface area contributed by atoms with Crippen LogP contribution >= 0.6 is 11.3 Å². The Kier molecular flexibility index (Phi) is 4.68. The molecule has 20 heavy (non-hydrogen) atoms. The molecule has 0 aliphatic heterocycles. The van der Waals surface area contributed by atoms with Crippen molar-refractivity contribution in [3.05, 3.63) is 38.3 Å². The maximum Gasteiger partial charge on any atom is 0.307 e. The van der Waals surface area contributed by atoms with E-state index in [1.807, 2.05) is 32.0 Å². The van der Waals surface area contributed by atoms with E-state index in [1.54, 1.807) is 0 Å². The van der Waals surface area contributed by atoms with E-state index in [1.165, 1.54) is 0 Å². The van der Waals surface area contributed by atoms with Crippen molar-refractivity contribution in [2.45, 2.75) is 20.3 Å². The van der Waals surface area contributed by atoms with Gasteiger partial charge in [0.15, 0.2) is 11.5 Å². The fraction of sp³-hybridized carbons (Fsp3) is 0.357. The van der Waals surface area contributed by atoms with Crippen LogP contribution in [0.4, 0.5) is 0 Å². The highest BCUT2D eigenvalue weighted by atomic mass is 32.1. The van der Waals surface area contributed by atoms with E-state index in [0.29, 0.717) is 36.0 Å². The smallest absolute Gasteiger partial charge is 0.307 e. The van der Waals surface area contributed by atoms with Crippen LogP contribution in [-0.4, -0.2) is 23.3 Å². The lowest BCUT2D eigenvalue weighted by atomic mass is 10.1. The Balaban J connectivity index is 2.26. The second-order valence-electron chi connectivity index (χ2n) is 4.11. The predicted molar refractivity (Wildman–Crippen MR) is 78.2 cm³/mol. The first-order chi connectivity index (χ1) is 9.63. The zero-order valence-electron chi connectivity index (χ0n) is 11.4. The Morgan fingerprint density at radius 1 is 1.20 bits per heavy atom. The Morgan fingerprint density at radius 3 is 2.50 bits per heavy atom. The lowest BCUT2D eigenvalue weighted by Gasteiger charge is -2.12. The molecule has 2 aromatic rings. The van der Waals surface area contributed by atoms with Gasteiger partial charge in [-0.15, -0.1) is 0 Å². The predicted octanol–water partition coefficient (Wildman–Crippen LogP) is 2.53. The summed E-state index contributed by atoms with van der Waals surface area (Å²) >= 11 is 1.01. The monoisotopic (exact) mass is 295 g/mol. The molecule has 0 aliphatic carbocycles. The molecular weight excluding hydrogens is 278 g/mol. The van der Waals surface area contributed by atoms with Crippen molar-refractivity contribution < 1.29 is 14.6 Å². The highest BCUT2D eigenvalue weighted by Crippen LogP contribution is 2.30. The van der Waals surface area contributed by atoms with Crippen molar-refractivity contribution in [3.63, 3.8) is 0 Å². The van der Waals surface area contributed by atoms with Gasteiger partial charge in [0.2, 0.25) is 5.88 Å². The minimum atomic E-state index is -0.256. The summed E-state index contributed by atoms with van der Waals surface area (Å²) in [7, 11) is 0. The number of aromatic nitrogens is 1. The van der Waals surface area contributed by atoms with Gasteiger partial charge in [0.05, 0.1) is 18.1 Å². The zero-order valence-corrected chi connectivity index (χ0v) is 12.3. The maximum absolute atomic E-state index is 11.2. The molecule has 0 saturated heterocycles. The number of rotatable bonds is 6. The topological polar surface area (TPSA) is 71.6 Å². The summed E-state index contributed by atoms with van der Waals surface area (Å²) in [5, 5.41) is 9.60. The van der Waals surface area contributed by atoms with Crippen molar-refractivity contribution in [1.29, 1.82) is 0 Å². The van der Waals surface area contributed by atoms with Crippen LogP contribution in [-0.2, 0) is 6.42 Å². The molecule has 108 valence electrons. The molecule has 2 N–H and O–H groups in total. The molecule has 0 saturated carbocycles. The standard InChI is InChI=1S/C14H17NO4S/c1-3-18-10-6-5-9(7-11(10)19-4-2)8-12-13(16)15-14(17)20-12/h5-7,16H,3-4,8H2,1-2H3,(H,15,17). The quantitative estimate of drug-likeness (QED) is 0.859. The molecule has 2 rings (SSSR count). The van der Waals surface area contributed by atoms with E-state index in [-0.39, 0.29) is 10.8 Å². The summed E-state index contributed by atoms with van der Waals surface area (Å²) in [6, 6.07) is 5.62. The van der Waals surface area contributed by atoms with Crippen molar-refractivity contribution in [2.24, 2.45) is 0 Å². The number of benzene rings is 1. The van der Waals surface area contributed by atoms with Crippen LogP contribution in [0.15, 0.2) is 23.0 Å². The van der Waals surface area contributed by atoms with Gasteiger partial charge < -0.3 is 14.6 Å². The third-order valence-corrected chi connectivity index (χ3v) is 3.54. The largest absolute Gasteiger partial charge is 0.494 e. The highest BCUT2D eigenvalue weighted by Gasteiger charge is 2.11. The molecule has 1 aromatic heterocycles. The molecule has 0 atom stereocenters. The van der Waals surface area contributed by atoms with Crippen LogP contribution in [0.25, 0.3) is 0 Å². The average Bonchev–Trinajstić information content (AvgIpc) is 2.71. The Hall–Kier alpha value is -1.95. The van der Waals surface area contributed by atoms with Gasteiger partial charge in [-0.2, -0.15) is 0 Å². The van der Waals surface area contributed by atoms with Gasteiger partial charge in [-0.25, -0.2) is 0 Å². The third-order valence-electron chi connectivity index (χ3n) is 2.67. The summed E-state index contributed by atoms with van der Waals surface area (Å²) in [6.07, 6.45) is 0.474. The molecule has 6 heteroatoms. The third kappa shape index (κ3) is 3.33. The van der Waals surface area contributed by atoms with Gasteiger partial charge in [0, 0.05) is 6.42 Å². The Bertz CT molecular complexity index is 632. The molecule has 0 bridgehead atoms. The number of H-pyrrole nitrogens is 1. The van der Waals surface area contributed by atoms with Gasteiger partial charge in [0.25, 0.3) is 0 Å². The molecular formula is C14H17NO4S. The van der Waals surface area contributed by atoms with Gasteiger partial charge >= 0.3 is 4.87 Å². The number of nitrogens with one attached hydrogen (secondary N) is 1. The number of aromatic hydroxyl groups is 1. The molecule has 1 heterocycles. The first-order valence-corrected chi connectivity index (χ1v) is 7.25. The van der Waals surface area contributed by atoms with Crippen molar-refractivity contribution in [3.8, 4) is 17.4 Å². The average molecular weight is 295 g/mol. The van der Waals surface area contributed by atoms with E-state index in [2.05, 4.69) is 4.98 Å².